The molecule has 2 saturated heterocycles. The highest BCUT2D eigenvalue weighted by atomic mass is 16.5. The van der Waals surface area contributed by atoms with Gasteiger partial charge in [0.15, 0.2) is 11.5 Å². The van der Waals surface area contributed by atoms with Gasteiger partial charge in [0.2, 0.25) is 5.91 Å². The monoisotopic (exact) mass is 353 g/mol. The van der Waals surface area contributed by atoms with Crippen molar-refractivity contribution < 1.29 is 14.3 Å². The van der Waals surface area contributed by atoms with Gasteiger partial charge < -0.3 is 14.8 Å². The molecule has 4 atom stereocenters. The molecule has 26 heavy (non-hydrogen) atoms. The summed E-state index contributed by atoms with van der Waals surface area (Å²) in [7, 11) is 3.27. The highest BCUT2D eigenvalue weighted by Crippen LogP contribution is 2.47. The molecule has 0 saturated carbocycles. The van der Waals surface area contributed by atoms with Gasteiger partial charge >= 0.3 is 0 Å². The molecular weight excluding hydrogens is 330 g/mol. The zero-order chi connectivity index (χ0) is 18.1. The number of hydrogen-bond donors (Lipinski definition) is 3. The average molecular weight is 353 g/mol. The first kappa shape index (κ1) is 16.9. The molecule has 2 aliphatic heterocycles. The van der Waals surface area contributed by atoms with Crippen LogP contribution in [0.15, 0.2) is 48.5 Å². The highest BCUT2D eigenvalue weighted by Gasteiger charge is 2.47. The van der Waals surface area contributed by atoms with Crippen molar-refractivity contribution in [1.29, 1.82) is 0 Å². The second-order valence-electron chi connectivity index (χ2n) is 6.69. The molecule has 2 heterocycles. The fourth-order valence-corrected chi connectivity index (χ4v) is 4.22. The van der Waals surface area contributed by atoms with Crippen LogP contribution in [0.25, 0.3) is 0 Å². The van der Waals surface area contributed by atoms with Crippen LogP contribution in [-0.2, 0) is 4.79 Å². The van der Waals surface area contributed by atoms with Gasteiger partial charge in [-0.15, -0.1) is 0 Å². The number of hydrogen-bond acceptors (Lipinski definition) is 5. The van der Waals surface area contributed by atoms with Gasteiger partial charge in [-0.2, -0.15) is 0 Å². The van der Waals surface area contributed by atoms with Crippen LogP contribution in [0.2, 0.25) is 0 Å². The largest absolute Gasteiger partial charge is 0.493 e. The summed E-state index contributed by atoms with van der Waals surface area (Å²) in [5.74, 6) is 1.57. The van der Waals surface area contributed by atoms with Crippen molar-refractivity contribution in [2.75, 3.05) is 14.2 Å². The van der Waals surface area contributed by atoms with Crippen LogP contribution < -0.4 is 25.6 Å². The number of para-hydroxylation sites is 1. The Morgan fingerprint density at radius 2 is 1.77 bits per heavy atom. The molecule has 2 aliphatic rings. The quantitative estimate of drug-likeness (QED) is 0.785. The Morgan fingerprint density at radius 1 is 0.962 bits per heavy atom. The minimum absolute atomic E-state index is 0.00602. The normalized spacial score (nSPS) is 27.5. The average Bonchev–Trinajstić information content (AvgIpc) is 3.11. The van der Waals surface area contributed by atoms with E-state index in [2.05, 4.69) is 28.3 Å². The van der Waals surface area contributed by atoms with Crippen LogP contribution in [0.1, 0.15) is 29.5 Å². The summed E-state index contributed by atoms with van der Waals surface area (Å²) in [5.41, 5.74) is 8.81. The Labute approximate surface area is 152 Å². The van der Waals surface area contributed by atoms with E-state index >= 15 is 0 Å². The van der Waals surface area contributed by atoms with Gasteiger partial charge in [0, 0.05) is 23.8 Å². The first-order valence-electron chi connectivity index (χ1n) is 8.79. The Morgan fingerprint density at radius 3 is 2.50 bits per heavy atom. The first-order chi connectivity index (χ1) is 12.7. The van der Waals surface area contributed by atoms with Crippen LogP contribution in [-0.4, -0.2) is 26.3 Å². The van der Waals surface area contributed by atoms with Crippen LogP contribution in [0.4, 0.5) is 0 Å². The van der Waals surface area contributed by atoms with Gasteiger partial charge in [-0.3, -0.25) is 4.79 Å². The van der Waals surface area contributed by atoms with Crippen LogP contribution >= 0.6 is 0 Å². The molecule has 6 nitrogen and oxygen atoms in total. The van der Waals surface area contributed by atoms with Crippen molar-refractivity contribution in [2.45, 2.75) is 24.5 Å². The third kappa shape index (κ3) is 2.81. The van der Waals surface area contributed by atoms with Gasteiger partial charge in [0.05, 0.1) is 26.4 Å². The zero-order valence-corrected chi connectivity index (χ0v) is 14.9. The third-order valence-electron chi connectivity index (χ3n) is 5.34. The summed E-state index contributed by atoms with van der Waals surface area (Å²) < 4.78 is 11.1. The van der Waals surface area contributed by atoms with Crippen molar-refractivity contribution in [3.05, 3.63) is 59.7 Å². The zero-order valence-electron chi connectivity index (χ0n) is 14.9. The van der Waals surface area contributed by atoms with Gasteiger partial charge in [-0.05, 0) is 11.6 Å². The lowest BCUT2D eigenvalue weighted by Crippen LogP contribution is -2.52. The number of methoxy groups -OCH3 is 2. The summed E-state index contributed by atoms with van der Waals surface area (Å²) in [6.07, 6.45) is 0.277. The van der Waals surface area contributed by atoms with Crippen LogP contribution in [0.5, 0.6) is 11.5 Å². The number of amides is 1. The Kier molecular flexibility index (Phi) is 4.53. The molecule has 0 aliphatic carbocycles. The third-order valence-corrected chi connectivity index (χ3v) is 5.34. The maximum Gasteiger partial charge on any atom is 0.221 e. The molecule has 6 heteroatoms. The minimum Gasteiger partial charge on any atom is -0.493 e. The summed E-state index contributed by atoms with van der Waals surface area (Å²) >= 11 is 0. The Balaban J connectivity index is 1.77. The van der Waals surface area contributed by atoms with Crippen molar-refractivity contribution in [3.63, 3.8) is 0 Å². The van der Waals surface area contributed by atoms with E-state index in [1.165, 1.54) is 5.56 Å². The molecule has 1 amide bonds. The lowest BCUT2D eigenvalue weighted by molar-refractivity contribution is -0.125. The molecule has 0 radical (unpaired) electrons. The number of hydrazine groups is 1. The molecular formula is C20H23N3O3. The fourth-order valence-electron chi connectivity index (χ4n) is 4.22. The second-order valence-corrected chi connectivity index (χ2v) is 6.69. The second kappa shape index (κ2) is 6.97. The number of benzene rings is 2. The van der Waals surface area contributed by atoms with Gasteiger partial charge in [-0.25, -0.2) is 10.9 Å². The molecule has 2 fully saturated rings. The number of piperidine rings is 1. The molecule has 136 valence electrons. The van der Waals surface area contributed by atoms with Crippen molar-refractivity contribution in [2.24, 2.45) is 5.92 Å². The lowest BCUT2D eigenvalue weighted by Gasteiger charge is -2.36. The van der Waals surface area contributed by atoms with Crippen LogP contribution in [0, 0.1) is 5.92 Å². The maximum absolute atomic E-state index is 12.3. The van der Waals surface area contributed by atoms with Crippen molar-refractivity contribution in [3.8, 4) is 11.5 Å². The molecule has 2 aromatic rings. The smallest absolute Gasteiger partial charge is 0.221 e. The van der Waals surface area contributed by atoms with E-state index in [1.54, 1.807) is 14.2 Å². The lowest BCUT2D eigenvalue weighted by atomic mass is 9.74. The number of ether oxygens (including phenoxy) is 2. The standard InChI is InChI=1S/C20H23N3O3/c1-25-15-10-6-9-13(19(15)26-2)14-11-16(24)21-20-17(14)18(22-23-20)12-7-4-3-5-8-12/h3-10,14,17-18,20,22-23H,11H2,1-2H3,(H,21,24). The van der Waals surface area contributed by atoms with E-state index in [9.17, 15) is 4.79 Å². The van der Waals surface area contributed by atoms with Crippen LogP contribution in [0.3, 0.4) is 0 Å². The number of nitrogens with one attached hydrogen (secondary N) is 3. The highest BCUT2D eigenvalue weighted by molar-refractivity contribution is 5.79. The fraction of sp³-hybridized carbons (Fsp3) is 0.350. The van der Waals surface area contributed by atoms with E-state index in [1.807, 2.05) is 36.4 Å². The predicted octanol–water partition coefficient (Wildman–Crippen LogP) is 2.10. The molecule has 0 spiro atoms. The summed E-state index contributed by atoms with van der Waals surface area (Å²) in [5, 5.41) is 3.06. The SMILES string of the molecule is COc1cccc(C2CC(=O)NC3NNC(c4ccccc4)C32)c1OC. The van der Waals surface area contributed by atoms with Gasteiger partial charge in [0.25, 0.3) is 0 Å². The number of rotatable bonds is 4. The molecule has 0 aromatic heterocycles. The number of carbonyl (C=O) groups excluding carboxylic acids is 1. The summed E-state index contributed by atoms with van der Waals surface area (Å²) in [6.45, 7) is 0. The molecule has 4 unspecified atom stereocenters. The molecule has 3 N–H and O–H groups in total. The Hall–Kier alpha value is -2.57. The van der Waals surface area contributed by atoms with E-state index in [0.717, 1.165) is 5.56 Å². The minimum atomic E-state index is -0.137. The van der Waals surface area contributed by atoms with E-state index in [0.29, 0.717) is 17.9 Å². The molecule has 2 aromatic carbocycles. The molecule has 4 rings (SSSR count). The van der Waals surface area contributed by atoms with E-state index in [-0.39, 0.29) is 30.0 Å². The Bertz CT molecular complexity index is 796. The predicted molar refractivity (Wildman–Crippen MR) is 97.8 cm³/mol. The summed E-state index contributed by atoms with van der Waals surface area (Å²) in [6, 6.07) is 16.2. The molecule has 0 bridgehead atoms. The number of fused-ring (bicyclic) bond motifs is 1. The van der Waals surface area contributed by atoms with Gasteiger partial charge in [0.1, 0.15) is 0 Å². The first-order valence-corrected chi connectivity index (χ1v) is 8.79. The maximum atomic E-state index is 12.3. The topological polar surface area (TPSA) is 71.6 Å². The van der Waals surface area contributed by atoms with Crippen molar-refractivity contribution >= 4 is 5.91 Å². The summed E-state index contributed by atoms with van der Waals surface area (Å²) in [4.78, 5) is 12.3. The van der Waals surface area contributed by atoms with Gasteiger partial charge in [-0.1, -0.05) is 42.5 Å². The van der Waals surface area contributed by atoms with Crippen molar-refractivity contribution in [1.82, 2.24) is 16.2 Å². The van der Waals surface area contributed by atoms with E-state index < -0.39 is 0 Å². The van der Waals surface area contributed by atoms with E-state index in [4.69, 9.17) is 9.47 Å². The number of carbonyl (C=O) groups is 1.